The molecule has 1 rings (SSSR count). The molecule has 1 aromatic rings. The molecule has 1 aromatic heterocycles. The first kappa shape index (κ1) is 70.5. The summed E-state index contributed by atoms with van der Waals surface area (Å²) in [5.41, 5.74) is 5.28. The molecule has 0 aromatic carbocycles. The maximum Gasteiger partial charge on any atom is 0.326 e. The van der Waals surface area contributed by atoms with Gasteiger partial charge in [-0.05, 0) is 39.5 Å². The van der Waals surface area contributed by atoms with Gasteiger partial charge in [0.2, 0.25) is 35.4 Å². The first-order valence-electron chi connectivity index (χ1n) is 28.2. The highest BCUT2D eigenvalue weighted by molar-refractivity contribution is 5.96. The Morgan fingerprint density at radius 1 is 0.603 bits per heavy atom. The van der Waals surface area contributed by atoms with E-state index in [2.05, 4.69) is 48.8 Å². The molecule has 0 unspecified atom stereocenters. The van der Waals surface area contributed by atoms with Crippen LogP contribution in [-0.2, 0) is 68.5 Å². The minimum atomic E-state index is -1.37. The summed E-state index contributed by atoms with van der Waals surface area (Å²) in [6.07, 6.45) is 22.4. The Morgan fingerprint density at radius 3 is 1.65 bits per heavy atom. The number of ether oxygens (including phenoxy) is 4. The molecule has 0 aliphatic heterocycles. The smallest absolute Gasteiger partial charge is 0.326 e. The number of carboxylic acids is 2. The van der Waals surface area contributed by atoms with Gasteiger partial charge in [-0.1, -0.05) is 103 Å². The van der Waals surface area contributed by atoms with Crippen molar-refractivity contribution < 1.29 is 72.3 Å². The van der Waals surface area contributed by atoms with Crippen molar-refractivity contribution in [3.63, 3.8) is 0 Å². The van der Waals surface area contributed by atoms with Crippen molar-refractivity contribution >= 4 is 53.2 Å². The van der Waals surface area contributed by atoms with Gasteiger partial charge in [0.1, 0.15) is 25.8 Å². The van der Waals surface area contributed by atoms with Crippen LogP contribution in [-0.4, -0.2) is 170 Å². The SMILES string of the molecule is CCCCCCCCCCCCCCCCCC(=O)N[C@@H](CCC(=O)NCCOCCOCC(=O)NCCOCCOCC(=O)NCCCC[C@H](CC(=O)C(C)(C)NC(=O)[C@@H](N)Cc1cnc[nH]1)C(=O)NCC(=O)O)C(=O)O. The summed E-state index contributed by atoms with van der Waals surface area (Å²) in [4.78, 5) is 117. The maximum atomic E-state index is 13.3. The van der Waals surface area contributed by atoms with Crippen molar-refractivity contribution in [2.45, 2.75) is 186 Å². The molecule has 0 fully saturated rings. The Kier molecular flexibility index (Phi) is 40.9. The molecule has 6 amide bonds. The number of carbonyl (C=O) groups is 9. The molecule has 24 nitrogen and oxygen atoms in total. The van der Waals surface area contributed by atoms with E-state index in [0.717, 1.165) is 19.3 Å². The van der Waals surface area contributed by atoms with Crippen molar-refractivity contribution in [1.82, 2.24) is 41.9 Å². The predicted molar refractivity (Wildman–Crippen MR) is 291 cm³/mol. The summed E-state index contributed by atoms with van der Waals surface area (Å²) >= 11 is 0. The third-order valence-electron chi connectivity index (χ3n) is 12.6. The van der Waals surface area contributed by atoms with Crippen LogP contribution in [0.3, 0.4) is 0 Å². The van der Waals surface area contributed by atoms with Crippen LogP contribution in [0, 0.1) is 5.92 Å². The van der Waals surface area contributed by atoms with Crippen molar-refractivity contribution in [2.24, 2.45) is 11.7 Å². The van der Waals surface area contributed by atoms with Crippen molar-refractivity contribution in [3.05, 3.63) is 18.2 Å². The second-order valence-corrected chi connectivity index (χ2v) is 20.0. The number of amides is 6. The molecule has 3 atom stereocenters. The van der Waals surface area contributed by atoms with Crippen LogP contribution in [0.5, 0.6) is 0 Å². The first-order chi connectivity index (χ1) is 37.4. The van der Waals surface area contributed by atoms with Gasteiger partial charge >= 0.3 is 11.9 Å². The van der Waals surface area contributed by atoms with Gasteiger partial charge in [-0.3, -0.25) is 38.4 Å². The number of ketones is 1. The molecular weight excluding hydrogens is 1010 g/mol. The Hall–Kier alpha value is -5.56. The minimum absolute atomic E-state index is 0.0326. The zero-order valence-corrected chi connectivity index (χ0v) is 46.9. The Labute approximate surface area is 461 Å². The van der Waals surface area contributed by atoms with Crippen LogP contribution in [0.25, 0.3) is 0 Å². The molecule has 0 aliphatic carbocycles. The molecule has 446 valence electrons. The number of carbonyl (C=O) groups excluding carboxylic acids is 7. The third-order valence-corrected chi connectivity index (χ3v) is 12.6. The molecule has 24 heteroatoms. The van der Waals surface area contributed by atoms with Gasteiger partial charge < -0.3 is 71.8 Å². The van der Waals surface area contributed by atoms with E-state index in [0.29, 0.717) is 25.0 Å². The number of rotatable bonds is 52. The summed E-state index contributed by atoms with van der Waals surface area (Å²) < 4.78 is 21.5. The topological polar surface area (TPSA) is 358 Å². The number of nitrogens with two attached hydrogens (primary N) is 1. The number of aliphatic carboxylic acids is 2. The van der Waals surface area contributed by atoms with Crippen molar-refractivity contribution in [2.75, 3.05) is 79.0 Å². The van der Waals surface area contributed by atoms with E-state index in [1.807, 2.05) is 0 Å². The first-order valence-corrected chi connectivity index (χ1v) is 28.2. The van der Waals surface area contributed by atoms with Gasteiger partial charge in [-0.25, -0.2) is 9.78 Å². The van der Waals surface area contributed by atoms with E-state index in [1.165, 1.54) is 97.0 Å². The molecule has 0 radical (unpaired) electrons. The fourth-order valence-corrected chi connectivity index (χ4v) is 7.99. The highest BCUT2D eigenvalue weighted by Crippen LogP contribution is 2.19. The van der Waals surface area contributed by atoms with Crippen LogP contribution in [0.1, 0.15) is 168 Å². The number of aromatic amines is 1. The number of hydrogen-bond acceptors (Lipinski definition) is 15. The molecule has 0 spiro atoms. The molecule has 11 N–H and O–H groups in total. The van der Waals surface area contributed by atoms with Crippen LogP contribution >= 0.6 is 0 Å². The maximum absolute atomic E-state index is 13.3. The van der Waals surface area contributed by atoms with Gasteiger partial charge in [0.15, 0.2) is 5.78 Å². The second-order valence-electron chi connectivity index (χ2n) is 20.0. The predicted octanol–water partition coefficient (Wildman–Crippen LogP) is 3.15. The largest absolute Gasteiger partial charge is 0.480 e. The number of aromatic nitrogens is 2. The summed E-state index contributed by atoms with van der Waals surface area (Å²) in [7, 11) is 0. The number of H-pyrrole nitrogens is 1. The van der Waals surface area contributed by atoms with Crippen LogP contribution in [0.2, 0.25) is 0 Å². The average molecular weight is 1110 g/mol. The molecule has 0 bridgehead atoms. The minimum Gasteiger partial charge on any atom is -0.480 e. The lowest BCUT2D eigenvalue weighted by Gasteiger charge is -2.28. The zero-order chi connectivity index (χ0) is 57.7. The molecule has 0 aliphatic rings. The lowest BCUT2D eigenvalue weighted by molar-refractivity contribution is -0.142. The van der Waals surface area contributed by atoms with E-state index < -0.39 is 59.6 Å². The number of hydrogen-bond donors (Lipinski definition) is 10. The lowest BCUT2D eigenvalue weighted by atomic mass is 9.87. The third kappa shape index (κ3) is 38.9. The average Bonchev–Trinajstić information content (AvgIpc) is 3.91. The summed E-state index contributed by atoms with van der Waals surface area (Å²) in [6, 6.07) is -2.11. The Balaban J connectivity index is 2.08. The van der Waals surface area contributed by atoms with Crippen molar-refractivity contribution in [1.29, 1.82) is 0 Å². The summed E-state index contributed by atoms with van der Waals surface area (Å²) in [6.45, 7) is 5.80. The number of imidazole rings is 1. The quantitative estimate of drug-likeness (QED) is 0.0419. The van der Waals surface area contributed by atoms with Gasteiger partial charge in [0.05, 0.1) is 57.5 Å². The normalized spacial score (nSPS) is 12.5. The van der Waals surface area contributed by atoms with Crippen molar-refractivity contribution in [3.8, 4) is 0 Å². The number of Topliss-reactive ketones (excluding diaryl/α,β-unsaturated/α-hetero) is 1. The van der Waals surface area contributed by atoms with Gasteiger partial charge in [0.25, 0.3) is 0 Å². The number of unbranched alkanes of at least 4 members (excludes halogenated alkanes) is 15. The standard InChI is InChI=1S/C54H95N9O15/c1-4-5-6-7-8-9-10-11-12-13-14-15-16-17-18-22-47(66)62-44(53(73)74)23-24-46(65)58-26-28-75-30-33-78-39-49(68)59-27-29-76-31-32-77-38-48(67)57-25-20-19-21-41(51(71)60-37-50(69)70)34-45(64)54(2,3)63-52(72)43(55)35-42-36-56-40-61-42/h36,40-41,43-44H,4-35,37-39,55H2,1-3H3,(H,56,61)(H,57,67)(H,58,65)(H,59,68)(H,60,71)(H,62,66)(H,63,72)(H,69,70)(H,73,74)/t41-,43+,44+/m1/s1. The molecular formula is C54H95N9O15. The van der Waals surface area contributed by atoms with Crippen LogP contribution < -0.4 is 37.6 Å². The van der Waals surface area contributed by atoms with Crippen LogP contribution in [0.15, 0.2) is 12.5 Å². The summed E-state index contributed by atoms with van der Waals surface area (Å²) in [5, 5.41) is 34.1. The van der Waals surface area contributed by atoms with Gasteiger partial charge in [-0.2, -0.15) is 0 Å². The number of carboxylic acid groups (broad SMARTS) is 2. The van der Waals surface area contributed by atoms with Gasteiger partial charge in [0, 0.05) is 63.1 Å². The van der Waals surface area contributed by atoms with E-state index in [4.69, 9.17) is 29.8 Å². The zero-order valence-electron chi connectivity index (χ0n) is 46.9. The number of nitrogens with zero attached hydrogens (tertiary/aromatic N) is 1. The fourth-order valence-electron chi connectivity index (χ4n) is 7.99. The monoisotopic (exact) mass is 1110 g/mol. The van der Waals surface area contributed by atoms with Crippen LogP contribution in [0.4, 0.5) is 0 Å². The molecule has 78 heavy (non-hydrogen) atoms. The Morgan fingerprint density at radius 2 is 1.13 bits per heavy atom. The summed E-state index contributed by atoms with van der Waals surface area (Å²) in [5.74, 6) is -6.38. The Bertz CT molecular complexity index is 1850. The lowest BCUT2D eigenvalue weighted by Crippen LogP contribution is -2.55. The van der Waals surface area contributed by atoms with E-state index in [1.54, 1.807) is 0 Å². The van der Waals surface area contributed by atoms with Gasteiger partial charge in [-0.15, -0.1) is 0 Å². The number of nitrogens with one attached hydrogen (secondary N) is 7. The second kappa shape index (κ2) is 45.3. The van der Waals surface area contributed by atoms with E-state index in [9.17, 15) is 48.3 Å². The molecule has 0 saturated heterocycles. The molecule has 0 saturated carbocycles. The highest BCUT2D eigenvalue weighted by atomic mass is 16.5. The van der Waals surface area contributed by atoms with E-state index in [-0.39, 0.29) is 135 Å². The van der Waals surface area contributed by atoms with E-state index >= 15 is 0 Å². The highest BCUT2D eigenvalue weighted by Gasteiger charge is 2.34. The fraction of sp³-hybridized carbons (Fsp3) is 0.778. The molecule has 1 heterocycles.